The van der Waals surface area contributed by atoms with Crippen molar-refractivity contribution in [1.82, 2.24) is 4.57 Å². The molecule has 1 amide bonds. The van der Waals surface area contributed by atoms with E-state index in [1.165, 1.54) is 6.08 Å². The van der Waals surface area contributed by atoms with Gasteiger partial charge in [0.25, 0.3) is 5.91 Å². The molecule has 0 fully saturated rings. The number of alkyl halides is 3. The van der Waals surface area contributed by atoms with E-state index in [9.17, 15) is 28.0 Å². The van der Waals surface area contributed by atoms with Crippen LogP contribution in [0.5, 0.6) is 0 Å². The number of benzene rings is 1. The van der Waals surface area contributed by atoms with Gasteiger partial charge in [-0.1, -0.05) is 25.4 Å². The number of ether oxygens (including phenoxy) is 1. The Balaban J connectivity index is 2.09. The summed E-state index contributed by atoms with van der Waals surface area (Å²) in [5, 5.41) is 11.4. The van der Waals surface area contributed by atoms with Crippen molar-refractivity contribution in [3.05, 3.63) is 57.4 Å². The number of nitrogens with zero attached hydrogens (tertiary/aromatic N) is 2. The molecule has 2 rings (SSSR count). The molecule has 2 aromatic rings. The highest BCUT2D eigenvalue weighted by atomic mass is 35.5. The molecule has 0 bridgehead atoms. The maximum Gasteiger partial charge on any atom is 0.416 e. The number of aromatic nitrogens is 1. The number of halogens is 4. The van der Waals surface area contributed by atoms with Gasteiger partial charge in [0.1, 0.15) is 11.6 Å². The first-order valence-corrected chi connectivity index (χ1v) is 10.3. The lowest BCUT2D eigenvalue weighted by molar-refractivity contribution is -0.142. The lowest BCUT2D eigenvalue weighted by Crippen LogP contribution is -2.22. The van der Waals surface area contributed by atoms with Crippen LogP contribution in [0.15, 0.2) is 29.8 Å². The quantitative estimate of drug-likeness (QED) is 0.320. The second kappa shape index (κ2) is 10.6. The summed E-state index contributed by atoms with van der Waals surface area (Å²) in [6.45, 7) is 7.90. The van der Waals surface area contributed by atoms with E-state index < -0.39 is 30.2 Å². The van der Waals surface area contributed by atoms with Crippen molar-refractivity contribution in [2.75, 3.05) is 11.9 Å². The minimum absolute atomic E-state index is 0.114. The summed E-state index contributed by atoms with van der Waals surface area (Å²) in [4.78, 5) is 24.4. The first kappa shape index (κ1) is 26.0. The molecule has 1 aromatic carbocycles. The molecule has 6 nitrogen and oxygen atoms in total. The van der Waals surface area contributed by atoms with E-state index >= 15 is 0 Å². The Hall–Kier alpha value is -3.25. The van der Waals surface area contributed by atoms with Crippen LogP contribution >= 0.6 is 11.6 Å². The average molecular weight is 482 g/mol. The Morgan fingerprint density at radius 3 is 2.52 bits per heavy atom. The van der Waals surface area contributed by atoms with Gasteiger partial charge >= 0.3 is 12.1 Å². The number of hydrogen-bond donors (Lipinski definition) is 1. The number of rotatable bonds is 7. The molecule has 0 unspecified atom stereocenters. The fourth-order valence-electron chi connectivity index (χ4n) is 3.10. The van der Waals surface area contributed by atoms with Crippen LogP contribution in [0.4, 0.5) is 18.9 Å². The molecule has 33 heavy (non-hydrogen) atoms. The molecule has 0 spiro atoms. The number of carbonyl (C=O) groups is 2. The smallest absolute Gasteiger partial charge is 0.416 e. The zero-order valence-electron chi connectivity index (χ0n) is 18.5. The molecule has 0 radical (unpaired) electrons. The van der Waals surface area contributed by atoms with E-state index in [0.717, 1.165) is 30.1 Å². The molecule has 0 aliphatic carbocycles. The van der Waals surface area contributed by atoms with Crippen LogP contribution in [0.1, 0.15) is 36.4 Å². The highest BCUT2D eigenvalue weighted by Gasteiger charge is 2.31. The molecule has 176 valence electrons. The number of nitriles is 1. The Labute approximate surface area is 194 Å². The highest BCUT2D eigenvalue weighted by molar-refractivity contribution is 6.33. The second-order valence-electron chi connectivity index (χ2n) is 7.82. The van der Waals surface area contributed by atoms with Crippen molar-refractivity contribution >= 4 is 35.2 Å². The van der Waals surface area contributed by atoms with Crippen molar-refractivity contribution in [2.45, 2.75) is 40.4 Å². The van der Waals surface area contributed by atoms with Crippen LogP contribution in [-0.4, -0.2) is 23.1 Å². The normalized spacial score (nSPS) is 11.9. The Morgan fingerprint density at radius 2 is 1.94 bits per heavy atom. The van der Waals surface area contributed by atoms with Crippen LogP contribution in [0.2, 0.25) is 5.02 Å². The molecular formula is C23H23ClF3N3O3. The third-order valence-corrected chi connectivity index (χ3v) is 5.03. The van der Waals surface area contributed by atoms with Crippen molar-refractivity contribution in [1.29, 1.82) is 5.26 Å². The van der Waals surface area contributed by atoms with Gasteiger partial charge < -0.3 is 14.6 Å². The predicted octanol–water partition coefficient (Wildman–Crippen LogP) is 5.52. The van der Waals surface area contributed by atoms with E-state index in [4.69, 9.17) is 16.3 Å². The van der Waals surface area contributed by atoms with Crippen molar-refractivity contribution in [2.24, 2.45) is 5.92 Å². The fourth-order valence-corrected chi connectivity index (χ4v) is 3.27. The van der Waals surface area contributed by atoms with Gasteiger partial charge in [-0.05, 0) is 55.7 Å². The number of nitrogens with one attached hydrogen (secondary N) is 1. The minimum atomic E-state index is -4.62. The predicted molar refractivity (Wildman–Crippen MR) is 118 cm³/mol. The maximum atomic E-state index is 12.9. The summed E-state index contributed by atoms with van der Waals surface area (Å²) >= 11 is 5.83. The first-order chi connectivity index (χ1) is 15.3. The van der Waals surface area contributed by atoms with Gasteiger partial charge in [-0.15, -0.1) is 0 Å². The monoisotopic (exact) mass is 481 g/mol. The number of esters is 1. The maximum absolute atomic E-state index is 12.9. The van der Waals surface area contributed by atoms with E-state index in [1.54, 1.807) is 6.07 Å². The van der Waals surface area contributed by atoms with Gasteiger partial charge in [0, 0.05) is 17.9 Å². The molecule has 10 heteroatoms. The largest absolute Gasteiger partial charge is 0.451 e. The highest BCUT2D eigenvalue weighted by Crippen LogP contribution is 2.33. The lowest BCUT2D eigenvalue weighted by Gasteiger charge is -2.12. The SMILES string of the molecule is Cc1cc(C=C(C#N)C(=O)OCC(=O)Nc2cc(C(F)(F)F)ccc2Cl)c(C)n1CC(C)C. The van der Waals surface area contributed by atoms with Gasteiger partial charge in [-0.2, -0.15) is 18.4 Å². The van der Waals surface area contributed by atoms with Gasteiger partial charge in [0.2, 0.25) is 0 Å². The van der Waals surface area contributed by atoms with Gasteiger partial charge in [0.15, 0.2) is 6.61 Å². The summed E-state index contributed by atoms with van der Waals surface area (Å²) in [6, 6.07) is 6.04. The standard InChI is InChI=1S/C23H23ClF3N3O3/c1-13(2)11-30-14(3)7-16(15(30)4)8-17(10-28)22(32)33-12-21(31)29-20-9-18(23(25,26)27)5-6-19(20)24/h5-9,13H,11-12H2,1-4H3,(H,29,31). The lowest BCUT2D eigenvalue weighted by atomic mass is 10.1. The third-order valence-electron chi connectivity index (χ3n) is 4.70. The molecule has 1 N–H and O–H groups in total. The molecule has 0 aliphatic rings. The van der Waals surface area contributed by atoms with Crippen LogP contribution in [-0.2, 0) is 27.0 Å². The Morgan fingerprint density at radius 1 is 1.27 bits per heavy atom. The summed E-state index contributed by atoms with van der Waals surface area (Å²) in [5.41, 5.74) is 0.922. The fraction of sp³-hybridized carbons (Fsp3) is 0.348. The molecule has 0 aliphatic heterocycles. The molecule has 0 atom stereocenters. The minimum Gasteiger partial charge on any atom is -0.451 e. The molecular weight excluding hydrogens is 459 g/mol. The Kier molecular flexibility index (Phi) is 8.34. The summed E-state index contributed by atoms with van der Waals surface area (Å²) < 4.78 is 45.5. The van der Waals surface area contributed by atoms with Crippen LogP contribution in [0.3, 0.4) is 0 Å². The Bertz CT molecular complexity index is 1130. The number of hydrogen-bond acceptors (Lipinski definition) is 4. The third kappa shape index (κ3) is 6.86. The zero-order chi connectivity index (χ0) is 24.9. The van der Waals surface area contributed by atoms with E-state index in [-0.39, 0.29) is 16.3 Å². The van der Waals surface area contributed by atoms with Gasteiger partial charge in [-0.3, -0.25) is 4.79 Å². The van der Waals surface area contributed by atoms with Crippen molar-refractivity contribution in [3.8, 4) is 6.07 Å². The number of carbonyl (C=O) groups excluding carboxylic acids is 2. The van der Waals surface area contributed by atoms with Crippen LogP contribution < -0.4 is 5.32 Å². The summed E-state index contributed by atoms with van der Waals surface area (Å²) in [5.74, 6) is -1.54. The van der Waals surface area contributed by atoms with Crippen LogP contribution in [0, 0.1) is 31.1 Å². The molecule has 0 saturated heterocycles. The first-order valence-electron chi connectivity index (χ1n) is 9.95. The van der Waals surface area contributed by atoms with E-state index in [2.05, 4.69) is 23.7 Å². The number of aryl methyl sites for hydroxylation is 1. The van der Waals surface area contributed by atoms with Gasteiger partial charge in [-0.25, -0.2) is 4.79 Å². The average Bonchev–Trinajstić information content (AvgIpc) is 2.97. The topological polar surface area (TPSA) is 84.1 Å². The second-order valence-corrected chi connectivity index (χ2v) is 8.22. The molecule has 1 aromatic heterocycles. The van der Waals surface area contributed by atoms with Crippen molar-refractivity contribution < 1.29 is 27.5 Å². The van der Waals surface area contributed by atoms with Crippen molar-refractivity contribution in [3.63, 3.8) is 0 Å². The number of anilines is 1. The molecule has 0 saturated carbocycles. The summed E-state index contributed by atoms with van der Waals surface area (Å²) in [7, 11) is 0. The van der Waals surface area contributed by atoms with Crippen LogP contribution in [0.25, 0.3) is 6.08 Å². The van der Waals surface area contributed by atoms with E-state index in [0.29, 0.717) is 17.5 Å². The zero-order valence-corrected chi connectivity index (χ0v) is 19.3. The van der Waals surface area contributed by atoms with Gasteiger partial charge in [0.05, 0.1) is 16.3 Å². The number of amides is 1. The molecule has 1 heterocycles. The van der Waals surface area contributed by atoms with E-state index in [1.807, 2.05) is 19.9 Å². The summed E-state index contributed by atoms with van der Waals surface area (Å²) in [6.07, 6.45) is -3.24.